The van der Waals surface area contributed by atoms with E-state index in [2.05, 4.69) is 10.6 Å². The summed E-state index contributed by atoms with van der Waals surface area (Å²) < 4.78 is 4.91. The zero-order chi connectivity index (χ0) is 23.4. The summed E-state index contributed by atoms with van der Waals surface area (Å²) in [5, 5.41) is 4.46. The monoisotopic (exact) mass is 468 g/mol. The van der Waals surface area contributed by atoms with E-state index >= 15 is 0 Å². The van der Waals surface area contributed by atoms with Crippen molar-refractivity contribution >= 4 is 51.5 Å². The Morgan fingerprint density at radius 2 is 1.52 bits per heavy atom. The molecule has 0 spiro atoms. The molecule has 0 aliphatic rings. The molecule has 170 valence electrons. The molecule has 1 rings (SSSR count). The van der Waals surface area contributed by atoms with Gasteiger partial charge in [0.1, 0.15) is 12.1 Å². The van der Waals surface area contributed by atoms with Crippen molar-refractivity contribution in [3.05, 3.63) is 35.4 Å². The van der Waals surface area contributed by atoms with Gasteiger partial charge in [0.2, 0.25) is 16.9 Å². The van der Waals surface area contributed by atoms with Crippen molar-refractivity contribution < 1.29 is 28.7 Å². The minimum atomic E-state index is -0.986. The van der Waals surface area contributed by atoms with Crippen LogP contribution in [0.5, 0.6) is 0 Å². The fraction of sp³-hybridized carbons (Fsp3) is 0.476. The van der Waals surface area contributed by atoms with E-state index in [4.69, 9.17) is 4.74 Å². The normalized spacial score (nSPS) is 12.4. The molecule has 0 radical (unpaired) electrons. The summed E-state index contributed by atoms with van der Waals surface area (Å²) in [5.41, 5.74) is 1.91. The summed E-state index contributed by atoms with van der Waals surface area (Å²) in [5.74, 6) is -1.45. The Hall–Kier alpha value is -2.33. The highest BCUT2D eigenvalue weighted by atomic mass is 32.2. The second-order valence-corrected chi connectivity index (χ2v) is 8.78. The highest BCUT2D eigenvalue weighted by Gasteiger charge is 2.26. The number of carbonyl (C=O) groups excluding carboxylic acids is 5. The van der Waals surface area contributed by atoms with E-state index < -0.39 is 35.0 Å². The van der Waals surface area contributed by atoms with E-state index in [-0.39, 0.29) is 29.6 Å². The first-order chi connectivity index (χ1) is 14.6. The van der Waals surface area contributed by atoms with E-state index in [0.29, 0.717) is 0 Å². The molecule has 0 bridgehead atoms. The third-order valence-electron chi connectivity index (χ3n) is 4.01. The van der Waals surface area contributed by atoms with Crippen molar-refractivity contribution in [1.82, 2.24) is 10.6 Å². The molecule has 0 aliphatic heterocycles. The lowest BCUT2D eigenvalue weighted by Gasteiger charge is -2.18. The molecular weight excluding hydrogens is 440 g/mol. The number of amides is 2. The van der Waals surface area contributed by atoms with Gasteiger partial charge < -0.3 is 15.4 Å². The summed E-state index contributed by atoms with van der Waals surface area (Å²) in [7, 11) is 0. The van der Waals surface area contributed by atoms with Crippen LogP contribution in [0.3, 0.4) is 0 Å². The number of carbonyl (C=O) groups is 5. The van der Waals surface area contributed by atoms with Crippen LogP contribution in [0.4, 0.5) is 0 Å². The average Bonchev–Trinajstić information content (AvgIpc) is 2.69. The van der Waals surface area contributed by atoms with Crippen molar-refractivity contribution in [2.24, 2.45) is 0 Å². The van der Waals surface area contributed by atoms with Crippen LogP contribution >= 0.6 is 23.5 Å². The second-order valence-electron chi connectivity index (χ2n) is 6.67. The van der Waals surface area contributed by atoms with E-state index in [1.54, 1.807) is 6.92 Å². The minimum absolute atomic E-state index is 0.0465. The molecule has 2 unspecified atom stereocenters. The van der Waals surface area contributed by atoms with Crippen molar-refractivity contribution in [3.8, 4) is 0 Å². The molecule has 0 aromatic heterocycles. The van der Waals surface area contributed by atoms with Gasteiger partial charge in [-0.05, 0) is 25.0 Å². The van der Waals surface area contributed by atoms with Gasteiger partial charge in [0.15, 0.2) is 5.12 Å². The van der Waals surface area contributed by atoms with Crippen molar-refractivity contribution in [3.63, 3.8) is 0 Å². The van der Waals surface area contributed by atoms with Gasteiger partial charge in [-0.25, -0.2) is 4.79 Å². The molecule has 2 N–H and O–H groups in total. The number of thioether (sulfide) groups is 2. The average molecular weight is 469 g/mol. The van der Waals surface area contributed by atoms with Gasteiger partial charge in [-0.3, -0.25) is 19.2 Å². The van der Waals surface area contributed by atoms with Crippen LogP contribution in [-0.2, 0) is 35.1 Å². The number of hydrogen-bond donors (Lipinski definition) is 2. The smallest absolute Gasteiger partial charge is 0.329 e. The lowest BCUT2D eigenvalue weighted by molar-refractivity contribution is -0.146. The molecule has 0 saturated carbocycles. The van der Waals surface area contributed by atoms with Crippen LogP contribution < -0.4 is 10.6 Å². The van der Waals surface area contributed by atoms with E-state index in [1.807, 2.05) is 31.2 Å². The zero-order valence-electron chi connectivity index (χ0n) is 18.1. The molecule has 10 heteroatoms. The van der Waals surface area contributed by atoms with Crippen LogP contribution in [-0.4, -0.2) is 58.2 Å². The first-order valence-corrected chi connectivity index (χ1v) is 11.7. The number of benzene rings is 1. The maximum atomic E-state index is 12.6. The molecule has 1 aromatic carbocycles. The van der Waals surface area contributed by atoms with Crippen molar-refractivity contribution in [1.29, 1.82) is 0 Å². The summed E-state index contributed by atoms with van der Waals surface area (Å²) in [6.45, 7) is 6.24. The first-order valence-electron chi connectivity index (χ1n) is 9.71. The highest BCUT2D eigenvalue weighted by Crippen LogP contribution is 2.17. The molecule has 0 fully saturated rings. The lowest BCUT2D eigenvalue weighted by Crippen LogP contribution is -2.44. The summed E-state index contributed by atoms with van der Waals surface area (Å²) in [4.78, 5) is 59.8. The predicted molar refractivity (Wildman–Crippen MR) is 122 cm³/mol. The van der Waals surface area contributed by atoms with Crippen LogP contribution in [0, 0.1) is 6.92 Å². The number of rotatable bonds is 11. The number of ether oxygens (including phenoxy) is 1. The molecule has 8 nitrogen and oxygen atoms in total. The molecule has 2 atom stereocenters. The molecule has 2 amide bonds. The van der Waals surface area contributed by atoms with Gasteiger partial charge >= 0.3 is 5.97 Å². The van der Waals surface area contributed by atoms with Gasteiger partial charge in [-0.1, -0.05) is 47.8 Å². The third-order valence-corrected chi connectivity index (χ3v) is 6.05. The molecule has 1 aromatic rings. The van der Waals surface area contributed by atoms with Crippen LogP contribution in [0.15, 0.2) is 24.3 Å². The Morgan fingerprint density at radius 1 is 0.935 bits per heavy atom. The Morgan fingerprint density at radius 3 is 2.10 bits per heavy atom. The number of nitrogens with one attached hydrogen (secondary N) is 2. The van der Waals surface area contributed by atoms with Gasteiger partial charge in [0.05, 0.1) is 6.61 Å². The van der Waals surface area contributed by atoms with Gasteiger partial charge in [-0.15, -0.1) is 0 Å². The van der Waals surface area contributed by atoms with E-state index in [9.17, 15) is 24.0 Å². The minimum Gasteiger partial charge on any atom is -0.464 e. The SMILES string of the molecule is CCOC(=O)C(CSC(=O)C(CSC(=O)Cc1ccccc1C)NC(C)=O)NC(C)=O. The Bertz CT molecular complexity index is 815. The molecule has 0 heterocycles. The molecule has 0 aliphatic carbocycles. The Balaban J connectivity index is 2.69. The number of esters is 1. The van der Waals surface area contributed by atoms with Gasteiger partial charge in [-0.2, -0.15) is 0 Å². The third kappa shape index (κ3) is 10.5. The topological polar surface area (TPSA) is 119 Å². The van der Waals surface area contributed by atoms with E-state index in [0.717, 1.165) is 34.7 Å². The van der Waals surface area contributed by atoms with Crippen LogP contribution in [0.2, 0.25) is 0 Å². The van der Waals surface area contributed by atoms with Gasteiger partial charge in [0, 0.05) is 31.8 Å². The Kier molecular flexibility index (Phi) is 11.9. The summed E-state index contributed by atoms with van der Waals surface area (Å²) in [6.07, 6.45) is 0.221. The molecule has 0 saturated heterocycles. The fourth-order valence-electron chi connectivity index (χ4n) is 2.53. The van der Waals surface area contributed by atoms with Gasteiger partial charge in [0.25, 0.3) is 0 Å². The van der Waals surface area contributed by atoms with E-state index in [1.165, 1.54) is 13.8 Å². The molecule has 31 heavy (non-hydrogen) atoms. The first kappa shape index (κ1) is 26.7. The second kappa shape index (κ2) is 13.9. The van der Waals surface area contributed by atoms with Crippen LogP contribution in [0.25, 0.3) is 0 Å². The van der Waals surface area contributed by atoms with Crippen molar-refractivity contribution in [2.45, 2.75) is 46.2 Å². The number of aryl methyl sites for hydroxylation is 1. The number of hydrogen-bond acceptors (Lipinski definition) is 8. The maximum absolute atomic E-state index is 12.6. The standard InChI is InChI=1S/C21H28N2O6S2/c1-5-29-20(27)17(22-14(3)24)11-31-21(28)18(23-15(4)25)12-30-19(26)10-16-9-7-6-8-13(16)2/h6-9,17-18H,5,10-12H2,1-4H3,(H,22,24)(H,23,25). The molecular formula is C21H28N2O6S2. The van der Waals surface area contributed by atoms with Crippen molar-refractivity contribution in [2.75, 3.05) is 18.1 Å². The summed E-state index contributed by atoms with van der Waals surface area (Å²) in [6, 6.07) is 5.65. The van der Waals surface area contributed by atoms with Crippen LogP contribution in [0.1, 0.15) is 31.9 Å². The fourth-order valence-corrected chi connectivity index (χ4v) is 4.37. The zero-order valence-corrected chi connectivity index (χ0v) is 19.7. The maximum Gasteiger partial charge on any atom is 0.329 e. The predicted octanol–water partition coefficient (Wildman–Crippen LogP) is 1.63. The summed E-state index contributed by atoms with van der Waals surface area (Å²) >= 11 is 1.76. The largest absolute Gasteiger partial charge is 0.464 e. The lowest BCUT2D eigenvalue weighted by atomic mass is 10.1. The highest BCUT2D eigenvalue weighted by molar-refractivity contribution is 8.15. The quantitative estimate of drug-likeness (QED) is 0.471. The Labute approximate surface area is 190 Å².